The fourth-order valence-electron chi connectivity index (χ4n) is 2.79. The molecule has 2 heterocycles. The molecule has 4 rings (SSSR count). The Labute approximate surface area is 151 Å². The second-order valence-electron chi connectivity index (χ2n) is 5.64. The van der Waals surface area contributed by atoms with Crippen LogP contribution in [0.15, 0.2) is 48.7 Å². The van der Waals surface area contributed by atoms with Crippen LogP contribution in [-0.2, 0) is 13.1 Å². The van der Waals surface area contributed by atoms with Crippen LogP contribution in [-0.4, -0.2) is 19.9 Å². The number of nitrogens with zero attached hydrogens (tertiary/aromatic N) is 2. The molecule has 0 radical (unpaired) electrons. The number of H-pyrrole nitrogens is 2. The maximum absolute atomic E-state index is 5.64. The third-order valence-electron chi connectivity index (χ3n) is 4.08. The summed E-state index contributed by atoms with van der Waals surface area (Å²) in [7, 11) is 0. The molecule has 6 nitrogen and oxygen atoms in total. The Morgan fingerprint density at radius 1 is 0.808 bits per heavy atom. The smallest absolute Gasteiger partial charge is 0.121 e. The zero-order chi connectivity index (χ0) is 18.5. The first-order valence-electron chi connectivity index (χ1n) is 8.13. The average molecular weight is 344 g/mol. The van der Waals surface area contributed by atoms with Gasteiger partial charge in [-0.25, -0.2) is 9.97 Å². The summed E-state index contributed by atoms with van der Waals surface area (Å²) >= 11 is 0. The molecule has 0 spiro atoms. The lowest BCUT2D eigenvalue weighted by Crippen LogP contribution is -1.97. The Balaban J connectivity index is 0.000000948. The molecule has 26 heavy (non-hydrogen) atoms. The van der Waals surface area contributed by atoms with Gasteiger partial charge in [0.15, 0.2) is 0 Å². The number of hydrogen-bond donors (Lipinski definition) is 4. The van der Waals surface area contributed by atoms with Gasteiger partial charge >= 0.3 is 0 Å². The van der Waals surface area contributed by atoms with Crippen molar-refractivity contribution in [2.75, 3.05) is 0 Å². The lowest BCUT2D eigenvalue weighted by Gasteiger charge is -2.04. The third-order valence-corrected chi connectivity index (χ3v) is 4.08. The second-order valence-corrected chi connectivity index (χ2v) is 5.64. The van der Waals surface area contributed by atoms with Gasteiger partial charge < -0.3 is 21.4 Å². The monoisotopic (exact) mass is 344 g/mol. The van der Waals surface area contributed by atoms with Crippen LogP contribution in [0.2, 0.25) is 0 Å². The molecule has 0 fully saturated rings. The van der Waals surface area contributed by atoms with Crippen molar-refractivity contribution in [3.05, 3.63) is 60.3 Å². The van der Waals surface area contributed by atoms with E-state index in [4.69, 9.17) is 11.5 Å². The number of hydrogen-bond acceptors (Lipinski definition) is 4. The molecule has 0 aliphatic carbocycles. The van der Waals surface area contributed by atoms with Gasteiger partial charge in [0.05, 0.1) is 36.0 Å². The van der Waals surface area contributed by atoms with E-state index in [1.807, 2.05) is 12.3 Å². The van der Waals surface area contributed by atoms with Crippen LogP contribution in [0, 0.1) is 12.8 Å². The number of rotatable bonds is 4. The summed E-state index contributed by atoms with van der Waals surface area (Å²) in [4.78, 5) is 15.1. The first kappa shape index (κ1) is 17.4. The van der Waals surface area contributed by atoms with Gasteiger partial charge in [0, 0.05) is 0 Å². The van der Waals surface area contributed by atoms with E-state index in [-0.39, 0.29) is 0 Å². The maximum Gasteiger partial charge on any atom is 0.121 e. The van der Waals surface area contributed by atoms with Crippen LogP contribution >= 0.6 is 0 Å². The van der Waals surface area contributed by atoms with Crippen molar-refractivity contribution in [3.8, 4) is 35.2 Å². The fraction of sp³-hybridized carbons (Fsp3) is 0.100. The molecule has 0 bridgehead atoms. The number of terminal acetylenes is 1. The van der Waals surface area contributed by atoms with Crippen molar-refractivity contribution < 1.29 is 0 Å². The van der Waals surface area contributed by atoms with Gasteiger partial charge in [0.1, 0.15) is 11.6 Å². The van der Waals surface area contributed by atoms with Crippen molar-refractivity contribution in [2.24, 2.45) is 11.5 Å². The van der Waals surface area contributed by atoms with E-state index in [1.54, 1.807) is 0 Å². The first-order chi connectivity index (χ1) is 12.8. The van der Waals surface area contributed by atoms with Gasteiger partial charge in [-0.1, -0.05) is 30.3 Å². The Kier molecular flexibility index (Phi) is 5.13. The van der Waals surface area contributed by atoms with Crippen molar-refractivity contribution in [1.82, 2.24) is 19.9 Å². The summed E-state index contributed by atoms with van der Waals surface area (Å²) in [6.07, 6.45) is 9.81. The van der Waals surface area contributed by atoms with Crippen LogP contribution in [0.1, 0.15) is 11.6 Å². The summed E-state index contributed by atoms with van der Waals surface area (Å²) in [6, 6.07) is 14.5. The highest BCUT2D eigenvalue weighted by atomic mass is 14.9. The zero-order valence-electron chi connectivity index (χ0n) is 14.2. The molecule has 6 N–H and O–H groups in total. The predicted octanol–water partition coefficient (Wildman–Crippen LogP) is 2.79. The van der Waals surface area contributed by atoms with Gasteiger partial charge in [0.2, 0.25) is 0 Å². The van der Waals surface area contributed by atoms with Crippen molar-refractivity contribution in [1.29, 1.82) is 0 Å². The summed E-state index contributed by atoms with van der Waals surface area (Å²) < 4.78 is 0. The molecule has 2 aromatic carbocycles. The van der Waals surface area contributed by atoms with Crippen LogP contribution in [0.25, 0.3) is 33.4 Å². The number of aromatic nitrogens is 4. The quantitative estimate of drug-likeness (QED) is 0.427. The lowest BCUT2D eigenvalue weighted by atomic mass is 10.0. The first-order valence-corrected chi connectivity index (χ1v) is 8.13. The van der Waals surface area contributed by atoms with Gasteiger partial charge in [-0.15, -0.1) is 12.8 Å². The topological polar surface area (TPSA) is 109 Å². The maximum atomic E-state index is 5.64. The number of fused-ring (bicyclic) bond motifs is 1. The predicted molar refractivity (Wildman–Crippen MR) is 105 cm³/mol. The number of nitrogens with two attached hydrogens (primary N) is 2. The standard InChI is InChI=1S/C18H18N6.C2H2/c19-8-17-21-10-16(24-17)12-3-1-11(2-4-12)13-5-6-14-15(7-13)23-18(9-20)22-14;1-2/h1-7,10H,8-9,19-20H2,(H,21,24)(H,22,23);1-2H. The molecule has 0 saturated carbocycles. The second kappa shape index (κ2) is 7.66. The Hall–Kier alpha value is -3.40. The molecule has 0 amide bonds. The molecular formula is C20H20N6. The molecule has 0 aliphatic heterocycles. The number of nitrogens with one attached hydrogen (secondary N) is 2. The minimum absolute atomic E-state index is 0.410. The molecule has 2 aromatic heterocycles. The molecule has 6 heteroatoms. The molecule has 0 unspecified atom stereocenters. The SMILES string of the molecule is C#C.NCc1ncc(-c2ccc(-c3ccc4nc(CN)[nH]c4c3)cc2)[nH]1. The van der Waals surface area contributed by atoms with E-state index in [1.165, 1.54) is 0 Å². The van der Waals surface area contributed by atoms with Crippen molar-refractivity contribution in [3.63, 3.8) is 0 Å². The normalized spacial score (nSPS) is 10.5. The third kappa shape index (κ3) is 3.35. The highest BCUT2D eigenvalue weighted by Crippen LogP contribution is 2.26. The molecule has 0 saturated heterocycles. The molecular weight excluding hydrogens is 324 g/mol. The molecule has 130 valence electrons. The summed E-state index contributed by atoms with van der Waals surface area (Å²) in [5.41, 5.74) is 17.5. The molecule has 4 aromatic rings. The Bertz CT molecular complexity index is 1020. The van der Waals surface area contributed by atoms with Gasteiger partial charge in [0.25, 0.3) is 0 Å². The van der Waals surface area contributed by atoms with Crippen LogP contribution in [0.3, 0.4) is 0 Å². The summed E-state index contributed by atoms with van der Waals surface area (Å²) in [5, 5.41) is 0. The number of aromatic amines is 2. The van der Waals surface area contributed by atoms with Gasteiger partial charge in [-0.3, -0.25) is 0 Å². The van der Waals surface area contributed by atoms with Gasteiger partial charge in [-0.05, 0) is 28.8 Å². The Morgan fingerprint density at radius 3 is 2.12 bits per heavy atom. The molecule has 0 atom stereocenters. The lowest BCUT2D eigenvalue weighted by molar-refractivity contribution is 0.950. The number of imidazole rings is 2. The van der Waals surface area contributed by atoms with Crippen molar-refractivity contribution in [2.45, 2.75) is 13.1 Å². The van der Waals surface area contributed by atoms with Crippen LogP contribution < -0.4 is 11.5 Å². The van der Waals surface area contributed by atoms with Gasteiger partial charge in [-0.2, -0.15) is 0 Å². The van der Waals surface area contributed by atoms with Crippen molar-refractivity contribution >= 4 is 11.0 Å². The van der Waals surface area contributed by atoms with E-state index in [0.717, 1.165) is 45.1 Å². The molecule has 0 aliphatic rings. The summed E-state index contributed by atoms with van der Waals surface area (Å²) in [5.74, 6) is 1.59. The highest BCUT2D eigenvalue weighted by molar-refractivity contribution is 5.82. The zero-order valence-corrected chi connectivity index (χ0v) is 14.2. The van der Waals surface area contributed by atoms with E-state index in [9.17, 15) is 0 Å². The van der Waals surface area contributed by atoms with E-state index in [0.29, 0.717) is 13.1 Å². The van der Waals surface area contributed by atoms with E-state index in [2.05, 4.69) is 69.2 Å². The number of benzene rings is 2. The Morgan fingerprint density at radius 2 is 1.46 bits per heavy atom. The highest BCUT2D eigenvalue weighted by Gasteiger charge is 2.06. The van der Waals surface area contributed by atoms with Crippen LogP contribution in [0.4, 0.5) is 0 Å². The van der Waals surface area contributed by atoms with Crippen LogP contribution in [0.5, 0.6) is 0 Å². The van der Waals surface area contributed by atoms with E-state index >= 15 is 0 Å². The fourth-order valence-corrected chi connectivity index (χ4v) is 2.79. The largest absolute Gasteiger partial charge is 0.341 e. The van der Waals surface area contributed by atoms with E-state index < -0.39 is 0 Å². The minimum atomic E-state index is 0.410. The average Bonchev–Trinajstić information content (AvgIpc) is 3.35. The summed E-state index contributed by atoms with van der Waals surface area (Å²) in [6.45, 7) is 0.820. The minimum Gasteiger partial charge on any atom is -0.341 e.